The van der Waals surface area contributed by atoms with Crippen LogP contribution >= 0.6 is 0 Å². The van der Waals surface area contributed by atoms with Gasteiger partial charge in [0, 0.05) is 13.1 Å². The number of carbonyl (C=O) groups excluding carboxylic acids is 1. The highest BCUT2D eigenvalue weighted by Crippen LogP contribution is 2.32. The summed E-state index contributed by atoms with van der Waals surface area (Å²) in [5, 5.41) is 13.7. The van der Waals surface area contributed by atoms with Gasteiger partial charge in [-0.1, -0.05) is 30.3 Å². The normalized spacial score (nSPS) is 21.0. The fraction of sp³-hybridized carbons (Fsp3) is 0.467. The summed E-state index contributed by atoms with van der Waals surface area (Å²) in [5.74, 6) is -0.930. The van der Waals surface area contributed by atoms with E-state index < -0.39 is 5.97 Å². The predicted molar refractivity (Wildman–Crippen MR) is 76.9 cm³/mol. The molecule has 6 nitrogen and oxygen atoms in total. The SMILES string of the molecule is O=C(O)CCNC(=O)NC[C@H]1CC[C@@H](c2ccccc2)O1. The second-order valence-electron chi connectivity index (χ2n) is 5.02. The number of carbonyl (C=O) groups is 2. The minimum atomic E-state index is -0.930. The zero-order chi connectivity index (χ0) is 15.1. The van der Waals surface area contributed by atoms with Gasteiger partial charge in [0.15, 0.2) is 0 Å². The smallest absolute Gasteiger partial charge is 0.314 e. The van der Waals surface area contributed by atoms with Crippen LogP contribution in [0.5, 0.6) is 0 Å². The van der Waals surface area contributed by atoms with E-state index in [9.17, 15) is 9.59 Å². The summed E-state index contributed by atoms with van der Waals surface area (Å²) < 4.78 is 5.90. The molecule has 1 aliphatic rings. The number of amides is 2. The molecule has 0 saturated carbocycles. The number of ether oxygens (including phenoxy) is 1. The third-order valence-corrected chi connectivity index (χ3v) is 3.39. The fourth-order valence-corrected chi connectivity index (χ4v) is 2.32. The Morgan fingerprint density at radius 2 is 1.95 bits per heavy atom. The van der Waals surface area contributed by atoms with Crippen LogP contribution in [0, 0.1) is 0 Å². The maximum absolute atomic E-state index is 11.5. The molecule has 1 saturated heterocycles. The van der Waals surface area contributed by atoms with Crippen molar-refractivity contribution >= 4 is 12.0 Å². The fourth-order valence-electron chi connectivity index (χ4n) is 2.32. The van der Waals surface area contributed by atoms with Crippen LogP contribution in [0.2, 0.25) is 0 Å². The molecule has 114 valence electrons. The van der Waals surface area contributed by atoms with Gasteiger partial charge in [-0.25, -0.2) is 4.79 Å². The molecule has 1 heterocycles. The molecule has 21 heavy (non-hydrogen) atoms. The van der Waals surface area contributed by atoms with Gasteiger partial charge in [0.05, 0.1) is 18.6 Å². The number of nitrogens with one attached hydrogen (secondary N) is 2. The zero-order valence-corrected chi connectivity index (χ0v) is 11.7. The second kappa shape index (κ2) is 7.64. The van der Waals surface area contributed by atoms with E-state index in [0.717, 1.165) is 18.4 Å². The summed E-state index contributed by atoms with van der Waals surface area (Å²) in [7, 11) is 0. The van der Waals surface area contributed by atoms with Crippen molar-refractivity contribution in [3.63, 3.8) is 0 Å². The standard InChI is InChI=1S/C15H20N2O4/c18-14(19)8-9-16-15(20)17-10-12-6-7-13(21-12)11-4-2-1-3-5-11/h1-5,12-13H,6-10H2,(H,18,19)(H2,16,17,20)/t12-,13+/m1/s1. The van der Waals surface area contributed by atoms with Crippen LogP contribution in [0.3, 0.4) is 0 Å². The van der Waals surface area contributed by atoms with Gasteiger partial charge in [-0.2, -0.15) is 0 Å². The monoisotopic (exact) mass is 292 g/mol. The average Bonchev–Trinajstić information content (AvgIpc) is 2.94. The van der Waals surface area contributed by atoms with Gasteiger partial charge in [0.25, 0.3) is 0 Å². The lowest BCUT2D eigenvalue weighted by Crippen LogP contribution is -2.40. The van der Waals surface area contributed by atoms with Crippen LogP contribution in [-0.2, 0) is 9.53 Å². The molecule has 0 radical (unpaired) electrons. The number of carboxylic acid groups (broad SMARTS) is 1. The molecule has 6 heteroatoms. The largest absolute Gasteiger partial charge is 0.481 e. The van der Waals surface area contributed by atoms with E-state index in [-0.39, 0.29) is 31.2 Å². The topological polar surface area (TPSA) is 87.7 Å². The summed E-state index contributed by atoms with van der Waals surface area (Å²) in [6.45, 7) is 0.557. The van der Waals surface area contributed by atoms with Gasteiger partial charge >= 0.3 is 12.0 Å². The Hall–Kier alpha value is -2.08. The molecule has 1 aliphatic heterocycles. The molecule has 0 aromatic heterocycles. The molecule has 2 amide bonds. The molecule has 2 atom stereocenters. The lowest BCUT2D eigenvalue weighted by atomic mass is 10.1. The number of aliphatic carboxylic acids is 1. The summed E-state index contributed by atoms with van der Waals surface area (Å²) >= 11 is 0. The zero-order valence-electron chi connectivity index (χ0n) is 11.7. The lowest BCUT2D eigenvalue weighted by molar-refractivity contribution is -0.136. The number of hydrogen-bond donors (Lipinski definition) is 3. The van der Waals surface area contributed by atoms with Crippen molar-refractivity contribution in [1.82, 2.24) is 10.6 Å². The van der Waals surface area contributed by atoms with E-state index in [1.54, 1.807) is 0 Å². The molecular formula is C15H20N2O4. The van der Waals surface area contributed by atoms with E-state index in [2.05, 4.69) is 10.6 Å². The molecule has 1 fully saturated rings. The Morgan fingerprint density at radius 3 is 2.67 bits per heavy atom. The summed E-state index contributed by atoms with van der Waals surface area (Å²) in [4.78, 5) is 21.8. The van der Waals surface area contributed by atoms with E-state index in [0.29, 0.717) is 6.54 Å². The number of hydrogen-bond acceptors (Lipinski definition) is 3. The molecule has 3 N–H and O–H groups in total. The molecule has 0 aliphatic carbocycles. The van der Waals surface area contributed by atoms with Crippen molar-refractivity contribution in [2.45, 2.75) is 31.5 Å². The minimum absolute atomic E-state index is 0.000398. The van der Waals surface area contributed by atoms with Crippen molar-refractivity contribution in [3.8, 4) is 0 Å². The Kier molecular flexibility index (Phi) is 5.57. The van der Waals surface area contributed by atoms with E-state index in [1.165, 1.54) is 0 Å². The van der Waals surface area contributed by atoms with Crippen LogP contribution in [0.15, 0.2) is 30.3 Å². The van der Waals surface area contributed by atoms with Crippen LogP contribution < -0.4 is 10.6 Å². The van der Waals surface area contributed by atoms with Gasteiger partial charge in [0.2, 0.25) is 0 Å². The Morgan fingerprint density at radius 1 is 1.19 bits per heavy atom. The first-order valence-electron chi connectivity index (χ1n) is 7.09. The third kappa shape index (κ3) is 5.07. The van der Waals surface area contributed by atoms with Crippen molar-refractivity contribution in [3.05, 3.63) is 35.9 Å². The Labute approximate surface area is 123 Å². The van der Waals surface area contributed by atoms with Gasteiger partial charge in [-0.05, 0) is 18.4 Å². The maximum Gasteiger partial charge on any atom is 0.314 e. The highest BCUT2D eigenvalue weighted by Gasteiger charge is 2.26. The lowest BCUT2D eigenvalue weighted by Gasteiger charge is -2.15. The van der Waals surface area contributed by atoms with Gasteiger partial charge < -0.3 is 20.5 Å². The number of carboxylic acids is 1. The van der Waals surface area contributed by atoms with Crippen LogP contribution in [0.25, 0.3) is 0 Å². The highest BCUT2D eigenvalue weighted by molar-refractivity contribution is 5.74. The predicted octanol–water partition coefficient (Wildman–Crippen LogP) is 1.68. The van der Waals surface area contributed by atoms with Crippen molar-refractivity contribution in [1.29, 1.82) is 0 Å². The Balaban J connectivity index is 1.66. The number of benzene rings is 1. The van der Waals surface area contributed by atoms with Crippen molar-refractivity contribution in [2.75, 3.05) is 13.1 Å². The summed E-state index contributed by atoms with van der Waals surface area (Å²) in [6.07, 6.45) is 1.85. The maximum atomic E-state index is 11.5. The van der Waals surface area contributed by atoms with Gasteiger partial charge in [-0.3, -0.25) is 4.79 Å². The molecule has 1 aromatic carbocycles. The second-order valence-corrected chi connectivity index (χ2v) is 5.02. The van der Waals surface area contributed by atoms with Crippen molar-refractivity contribution in [2.24, 2.45) is 0 Å². The molecule has 0 bridgehead atoms. The molecule has 2 rings (SSSR count). The summed E-state index contributed by atoms with van der Waals surface area (Å²) in [6, 6.07) is 9.67. The first kappa shape index (κ1) is 15.3. The quantitative estimate of drug-likeness (QED) is 0.744. The molecular weight excluding hydrogens is 272 g/mol. The first-order chi connectivity index (χ1) is 10.1. The van der Waals surface area contributed by atoms with E-state index in [4.69, 9.17) is 9.84 Å². The minimum Gasteiger partial charge on any atom is -0.481 e. The van der Waals surface area contributed by atoms with Gasteiger partial charge in [-0.15, -0.1) is 0 Å². The van der Waals surface area contributed by atoms with E-state index in [1.807, 2.05) is 30.3 Å². The highest BCUT2D eigenvalue weighted by atomic mass is 16.5. The van der Waals surface area contributed by atoms with Crippen LogP contribution in [0.1, 0.15) is 30.9 Å². The van der Waals surface area contributed by atoms with Crippen molar-refractivity contribution < 1.29 is 19.4 Å². The average molecular weight is 292 g/mol. The third-order valence-electron chi connectivity index (χ3n) is 3.39. The molecule has 1 aromatic rings. The number of rotatable bonds is 6. The van der Waals surface area contributed by atoms with Gasteiger partial charge in [0.1, 0.15) is 0 Å². The summed E-state index contributed by atoms with van der Waals surface area (Å²) in [5.41, 5.74) is 1.16. The van der Waals surface area contributed by atoms with Crippen LogP contribution in [-0.4, -0.2) is 36.3 Å². The first-order valence-corrected chi connectivity index (χ1v) is 7.09. The van der Waals surface area contributed by atoms with E-state index >= 15 is 0 Å². The molecule has 0 unspecified atom stereocenters. The van der Waals surface area contributed by atoms with Crippen LogP contribution in [0.4, 0.5) is 4.79 Å². The number of urea groups is 1. The molecule has 0 spiro atoms. The Bertz CT molecular complexity index is 478.